The highest BCUT2D eigenvalue weighted by atomic mass is 35.5. The van der Waals surface area contributed by atoms with Crippen LogP contribution >= 0.6 is 11.6 Å². The maximum absolute atomic E-state index is 13.1. The van der Waals surface area contributed by atoms with Crippen molar-refractivity contribution in [2.45, 2.75) is 51.6 Å². The molecule has 1 unspecified atom stereocenters. The van der Waals surface area contributed by atoms with Gasteiger partial charge in [-0.15, -0.1) is 0 Å². The van der Waals surface area contributed by atoms with Crippen LogP contribution in [0.1, 0.15) is 50.6 Å². The summed E-state index contributed by atoms with van der Waals surface area (Å²) in [5, 5.41) is 4.75. The first-order chi connectivity index (χ1) is 15.0. The lowest BCUT2D eigenvalue weighted by Gasteiger charge is -2.30. The van der Waals surface area contributed by atoms with Crippen molar-refractivity contribution < 1.29 is 14.1 Å². The molecule has 1 fully saturated rings. The van der Waals surface area contributed by atoms with Crippen molar-refractivity contribution in [3.63, 3.8) is 0 Å². The van der Waals surface area contributed by atoms with Crippen molar-refractivity contribution in [3.05, 3.63) is 65.0 Å². The van der Waals surface area contributed by atoms with Gasteiger partial charge >= 0.3 is 0 Å². The second kappa shape index (κ2) is 9.52. The van der Waals surface area contributed by atoms with Gasteiger partial charge in [0.15, 0.2) is 0 Å². The largest absolute Gasteiger partial charge is 0.494 e. The minimum absolute atomic E-state index is 0.000586. The molecule has 0 aliphatic heterocycles. The van der Waals surface area contributed by atoms with Crippen LogP contribution in [0.5, 0.6) is 5.75 Å². The molecule has 1 amide bonds. The maximum atomic E-state index is 13.1. The van der Waals surface area contributed by atoms with E-state index in [1.165, 1.54) is 0 Å². The van der Waals surface area contributed by atoms with Crippen LogP contribution in [0.25, 0.3) is 11.4 Å². The molecule has 0 spiro atoms. The van der Waals surface area contributed by atoms with Crippen molar-refractivity contribution in [1.29, 1.82) is 0 Å². The van der Waals surface area contributed by atoms with Crippen LogP contribution < -0.4 is 4.74 Å². The molecule has 0 saturated heterocycles. The van der Waals surface area contributed by atoms with Gasteiger partial charge in [-0.25, -0.2) is 0 Å². The van der Waals surface area contributed by atoms with E-state index in [0.29, 0.717) is 42.2 Å². The fourth-order valence-corrected chi connectivity index (χ4v) is 3.80. The Labute approximate surface area is 187 Å². The van der Waals surface area contributed by atoms with E-state index in [4.69, 9.17) is 20.9 Å². The minimum atomic E-state index is -0.000586. The van der Waals surface area contributed by atoms with E-state index in [9.17, 15) is 4.79 Å². The van der Waals surface area contributed by atoms with E-state index in [2.05, 4.69) is 17.1 Å². The molecule has 4 rings (SSSR count). The van der Waals surface area contributed by atoms with Crippen molar-refractivity contribution >= 4 is 17.5 Å². The Bertz CT molecular complexity index is 1010. The second-order valence-electron chi connectivity index (χ2n) is 7.73. The Morgan fingerprint density at radius 2 is 1.90 bits per heavy atom. The molecule has 1 atom stereocenters. The summed E-state index contributed by atoms with van der Waals surface area (Å²) in [5.74, 6) is 1.88. The highest BCUT2D eigenvalue weighted by Gasteiger charge is 2.36. The number of benzene rings is 2. The first kappa shape index (κ1) is 21.4. The molecule has 0 radical (unpaired) electrons. The third kappa shape index (κ3) is 5.25. The molecule has 3 aromatic rings. The lowest BCUT2D eigenvalue weighted by atomic mass is 10.1. The molecule has 1 aliphatic carbocycles. The van der Waals surface area contributed by atoms with Crippen LogP contribution in [-0.2, 0) is 11.2 Å². The lowest BCUT2D eigenvalue weighted by Crippen LogP contribution is -2.35. The number of amides is 1. The van der Waals surface area contributed by atoms with Gasteiger partial charge in [0, 0.05) is 29.5 Å². The lowest BCUT2D eigenvalue weighted by molar-refractivity contribution is -0.134. The van der Waals surface area contributed by atoms with E-state index in [1.807, 2.05) is 60.4 Å². The molecular weight excluding hydrogens is 414 g/mol. The number of carbonyl (C=O) groups is 1. The molecule has 7 heteroatoms. The monoisotopic (exact) mass is 439 g/mol. The van der Waals surface area contributed by atoms with Crippen LogP contribution in [0, 0.1) is 0 Å². The molecule has 0 N–H and O–H groups in total. The number of rotatable bonds is 9. The van der Waals surface area contributed by atoms with Crippen LogP contribution in [-0.4, -0.2) is 33.6 Å². The SMILES string of the molecule is CCOc1ccc(-c2noc(CCC(=O)N(C3CC3)C(C)c3ccc(Cl)cc3)n2)cc1. The Morgan fingerprint density at radius 3 is 2.55 bits per heavy atom. The zero-order valence-electron chi connectivity index (χ0n) is 17.8. The third-order valence-corrected chi connectivity index (χ3v) is 5.69. The number of halogens is 1. The Hall–Kier alpha value is -2.86. The van der Waals surface area contributed by atoms with E-state index < -0.39 is 0 Å². The molecular formula is C24H26ClN3O3. The van der Waals surface area contributed by atoms with Crippen LogP contribution in [0.3, 0.4) is 0 Å². The Kier molecular flexibility index (Phi) is 6.56. The van der Waals surface area contributed by atoms with Crippen LogP contribution in [0.4, 0.5) is 0 Å². The third-order valence-electron chi connectivity index (χ3n) is 5.44. The standard InChI is InChI=1S/C24H26ClN3O3/c1-3-30-21-12-6-18(7-13-21)24-26-22(31-27-24)14-15-23(29)28(20-10-11-20)16(2)17-4-8-19(25)9-5-17/h4-9,12-13,16,20H,3,10-11,14-15H2,1-2H3. The summed E-state index contributed by atoms with van der Waals surface area (Å²) >= 11 is 6.01. The number of ether oxygens (including phenoxy) is 1. The van der Waals surface area contributed by atoms with Crippen molar-refractivity contribution in [2.24, 2.45) is 0 Å². The van der Waals surface area contributed by atoms with E-state index in [0.717, 1.165) is 29.7 Å². The van der Waals surface area contributed by atoms with Gasteiger partial charge in [0.1, 0.15) is 5.75 Å². The molecule has 1 aromatic heterocycles. The van der Waals surface area contributed by atoms with Gasteiger partial charge in [-0.2, -0.15) is 4.98 Å². The van der Waals surface area contributed by atoms with Gasteiger partial charge in [0.05, 0.1) is 12.6 Å². The van der Waals surface area contributed by atoms with Crippen molar-refractivity contribution in [2.75, 3.05) is 6.61 Å². The van der Waals surface area contributed by atoms with E-state index >= 15 is 0 Å². The summed E-state index contributed by atoms with van der Waals surface area (Å²) in [6, 6.07) is 15.6. The number of carbonyl (C=O) groups excluding carboxylic acids is 1. The fourth-order valence-electron chi connectivity index (χ4n) is 3.67. The highest BCUT2D eigenvalue weighted by Crippen LogP contribution is 2.35. The first-order valence-corrected chi connectivity index (χ1v) is 11.1. The molecule has 31 heavy (non-hydrogen) atoms. The van der Waals surface area contributed by atoms with Gasteiger partial charge in [0.25, 0.3) is 0 Å². The summed E-state index contributed by atoms with van der Waals surface area (Å²) in [7, 11) is 0. The van der Waals surface area contributed by atoms with Crippen molar-refractivity contribution in [1.82, 2.24) is 15.0 Å². The topological polar surface area (TPSA) is 68.5 Å². The number of nitrogens with zero attached hydrogens (tertiary/aromatic N) is 3. The van der Waals surface area contributed by atoms with Gasteiger partial charge in [-0.3, -0.25) is 4.79 Å². The van der Waals surface area contributed by atoms with Crippen LogP contribution in [0.2, 0.25) is 5.02 Å². The van der Waals surface area contributed by atoms with Gasteiger partial charge in [-0.1, -0.05) is 28.9 Å². The van der Waals surface area contributed by atoms with E-state index in [1.54, 1.807) is 0 Å². The number of hydrogen-bond acceptors (Lipinski definition) is 5. The molecule has 162 valence electrons. The Balaban J connectivity index is 1.39. The average molecular weight is 440 g/mol. The van der Waals surface area contributed by atoms with Crippen molar-refractivity contribution in [3.8, 4) is 17.1 Å². The minimum Gasteiger partial charge on any atom is -0.494 e. The number of hydrogen-bond donors (Lipinski definition) is 0. The molecule has 6 nitrogen and oxygen atoms in total. The second-order valence-corrected chi connectivity index (χ2v) is 8.17. The summed E-state index contributed by atoms with van der Waals surface area (Å²) in [4.78, 5) is 19.5. The smallest absolute Gasteiger partial charge is 0.227 e. The number of aromatic nitrogens is 2. The average Bonchev–Trinajstić information content (AvgIpc) is 3.49. The number of aryl methyl sites for hydroxylation is 1. The summed E-state index contributed by atoms with van der Waals surface area (Å²) in [5.41, 5.74) is 1.93. The summed E-state index contributed by atoms with van der Waals surface area (Å²) in [6.07, 6.45) is 2.84. The summed E-state index contributed by atoms with van der Waals surface area (Å²) in [6.45, 7) is 4.63. The van der Waals surface area contributed by atoms with Gasteiger partial charge in [0.2, 0.25) is 17.6 Å². The fraction of sp³-hybridized carbons (Fsp3) is 0.375. The predicted octanol–water partition coefficient (Wildman–Crippen LogP) is 5.47. The van der Waals surface area contributed by atoms with E-state index in [-0.39, 0.29) is 11.9 Å². The summed E-state index contributed by atoms with van der Waals surface area (Å²) < 4.78 is 10.8. The maximum Gasteiger partial charge on any atom is 0.227 e. The zero-order valence-corrected chi connectivity index (χ0v) is 18.5. The molecule has 2 aromatic carbocycles. The molecule has 1 saturated carbocycles. The van der Waals surface area contributed by atoms with Crippen LogP contribution in [0.15, 0.2) is 53.1 Å². The molecule has 0 bridgehead atoms. The Morgan fingerprint density at radius 1 is 1.19 bits per heavy atom. The van der Waals surface area contributed by atoms with Gasteiger partial charge in [-0.05, 0) is 68.7 Å². The predicted molar refractivity (Wildman–Crippen MR) is 119 cm³/mol. The normalized spacial score (nSPS) is 14.3. The quantitative estimate of drug-likeness (QED) is 0.442. The molecule has 1 aliphatic rings. The molecule has 1 heterocycles. The van der Waals surface area contributed by atoms with Gasteiger partial charge < -0.3 is 14.2 Å². The zero-order chi connectivity index (χ0) is 21.8. The first-order valence-electron chi connectivity index (χ1n) is 10.7. The highest BCUT2D eigenvalue weighted by molar-refractivity contribution is 6.30.